The van der Waals surface area contributed by atoms with Gasteiger partial charge in [-0.2, -0.15) is 13.2 Å². The average Bonchev–Trinajstić information content (AvgIpc) is 3.14. The Kier molecular flexibility index (Phi) is 6.99. The lowest BCUT2D eigenvalue weighted by atomic mass is 10.2. The first-order chi connectivity index (χ1) is 14.3. The van der Waals surface area contributed by atoms with Gasteiger partial charge in [-0.3, -0.25) is 9.78 Å². The first-order valence-corrected chi connectivity index (χ1v) is 10.2. The summed E-state index contributed by atoms with van der Waals surface area (Å²) in [6, 6.07) is 9.20. The zero-order valence-electron chi connectivity index (χ0n) is 15.8. The molecular formula is C19H17ClF3N5OS. The van der Waals surface area contributed by atoms with Gasteiger partial charge in [-0.1, -0.05) is 23.4 Å². The molecule has 2 heterocycles. The van der Waals surface area contributed by atoms with Crippen LogP contribution in [0, 0.1) is 0 Å². The summed E-state index contributed by atoms with van der Waals surface area (Å²) in [5, 5.41) is 9.06. The second-order valence-electron chi connectivity index (χ2n) is 6.15. The summed E-state index contributed by atoms with van der Waals surface area (Å²) < 4.78 is 40.9. The van der Waals surface area contributed by atoms with Crippen LogP contribution < -0.4 is 4.90 Å². The Balaban J connectivity index is 1.78. The van der Waals surface area contributed by atoms with E-state index in [2.05, 4.69) is 15.2 Å². The normalized spacial score (nSPS) is 11.5. The van der Waals surface area contributed by atoms with Crippen LogP contribution in [0.5, 0.6) is 0 Å². The molecule has 0 spiro atoms. The molecule has 0 bridgehead atoms. The van der Waals surface area contributed by atoms with E-state index in [1.807, 2.05) is 6.92 Å². The van der Waals surface area contributed by atoms with E-state index in [-0.39, 0.29) is 11.4 Å². The predicted molar refractivity (Wildman–Crippen MR) is 110 cm³/mol. The van der Waals surface area contributed by atoms with Crippen molar-refractivity contribution >= 4 is 35.0 Å². The first-order valence-electron chi connectivity index (χ1n) is 8.87. The van der Waals surface area contributed by atoms with Crippen molar-refractivity contribution in [2.75, 3.05) is 17.2 Å². The molecule has 6 nitrogen and oxygen atoms in total. The highest BCUT2D eigenvalue weighted by atomic mass is 35.5. The van der Waals surface area contributed by atoms with Gasteiger partial charge in [-0.15, -0.1) is 10.2 Å². The van der Waals surface area contributed by atoms with Crippen LogP contribution in [0.4, 0.5) is 18.9 Å². The number of anilines is 1. The van der Waals surface area contributed by atoms with E-state index in [4.69, 9.17) is 11.6 Å². The minimum Gasteiger partial charge on any atom is -0.303 e. The quantitative estimate of drug-likeness (QED) is 0.483. The van der Waals surface area contributed by atoms with Crippen LogP contribution in [0.25, 0.3) is 11.4 Å². The van der Waals surface area contributed by atoms with Crippen molar-refractivity contribution in [2.24, 2.45) is 0 Å². The fourth-order valence-corrected chi connectivity index (χ4v) is 3.73. The van der Waals surface area contributed by atoms with E-state index >= 15 is 0 Å². The number of pyridine rings is 1. The number of hydrogen-bond acceptors (Lipinski definition) is 5. The summed E-state index contributed by atoms with van der Waals surface area (Å²) in [6.07, 6.45) is -1.29. The smallest absolute Gasteiger partial charge is 0.303 e. The summed E-state index contributed by atoms with van der Waals surface area (Å²) in [5.74, 6) is -0.330. The van der Waals surface area contributed by atoms with Gasteiger partial charge in [-0.25, -0.2) is 0 Å². The largest absolute Gasteiger partial charge is 0.406 e. The van der Waals surface area contributed by atoms with Gasteiger partial charge in [0.05, 0.1) is 5.75 Å². The summed E-state index contributed by atoms with van der Waals surface area (Å²) in [5.41, 5.74) is 0.925. The van der Waals surface area contributed by atoms with E-state index < -0.39 is 18.6 Å². The molecule has 30 heavy (non-hydrogen) atoms. The molecule has 3 aromatic rings. The molecule has 2 aromatic heterocycles. The Morgan fingerprint density at radius 3 is 2.40 bits per heavy atom. The van der Waals surface area contributed by atoms with Crippen LogP contribution in [0.3, 0.4) is 0 Å². The van der Waals surface area contributed by atoms with Gasteiger partial charge in [0.25, 0.3) is 0 Å². The van der Waals surface area contributed by atoms with Crippen LogP contribution >= 0.6 is 23.4 Å². The van der Waals surface area contributed by atoms with E-state index in [9.17, 15) is 18.0 Å². The molecule has 3 rings (SSSR count). The van der Waals surface area contributed by atoms with Gasteiger partial charge in [0, 0.05) is 35.2 Å². The Bertz CT molecular complexity index is 996. The van der Waals surface area contributed by atoms with Crippen LogP contribution in [-0.2, 0) is 11.3 Å². The van der Waals surface area contributed by atoms with Crippen molar-refractivity contribution in [1.82, 2.24) is 19.7 Å². The number of aromatic nitrogens is 4. The predicted octanol–water partition coefficient (Wildman–Crippen LogP) is 4.70. The van der Waals surface area contributed by atoms with Gasteiger partial charge in [0.1, 0.15) is 6.54 Å². The van der Waals surface area contributed by atoms with Crippen molar-refractivity contribution in [2.45, 2.75) is 24.8 Å². The Morgan fingerprint density at radius 2 is 1.80 bits per heavy atom. The molecule has 158 valence electrons. The molecule has 0 unspecified atom stereocenters. The molecule has 0 atom stereocenters. The van der Waals surface area contributed by atoms with Crippen molar-refractivity contribution in [3.63, 3.8) is 0 Å². The van der Waals surface area contributed by atoms with Crippen molar-refractivity contribution < 1.29 is 18.0 Å². The molecule has 0 saturated heterocycles. The molecule has 0 aliphatic rings. The van der Waals surface area contributed by atoms with Crippen molar-refractivity contribution in [3.05, 3.63) is 53.8 Å². The van der Waals surface area contributed by atoms with Crippen molar-refractivity contribution in [1.29, 1.82) is 0 Å². The number of nitrogens with zero attached hydrogens (tertiary/aromatic N) is 5. The lowest BCUT2D eigenvalue weighted by molar-refractivity contribution is -0.131. The maximum absolute atomic E-state index is 13.0. The van der Waals surface area contributed by atoms with Gasteiger partial charge >= 0.3 is 6.18 Å². The number of carbonyl (C=O) groups excluding carboxylic acids is 1. The SMILES string of the molecule is CCn1c(SCC(=O)N(CC(F)(F)F)c2ccc(Cl)cc2)nnc1-c1ccncc1. The number of benzene rings is 1. The number of amides is 1. The lowest BCUT2D eigenvalue weighted by Gasteiger charge is -2.24. The highest BCUT2D eigenvalue weighted by molar-refractivity contribution is 7.99. The van der Waals surface area contributed by atoms with Crippen LogP contribution in [0.2, 0.25) is 5.02 Å². The zero-order valence-corrected chi connectivity index (χ0v) is 17.4. The van der Waals surface area contributed by atoms with Crippen LogP contribution in [-0.4, -0.2) is 44.1 Å². The summed E-state index contributed by atoms with van der Waals surface area (Å²) >= 11 is 6.84. The standard InChI is InChI=1S/C19H17ClF3N5OS/c1-2-27-17(13-7-9-24-10-8-13)25-26-18(27)30-11-16(29)28(12-19(21,22)23)15-5-3-14(20)4-6-15/h3-10H,2,11-12H2,1H3. The van der Waals surface area contributed by atoms with E-state index in [1.165, 1.54) is 24.3 Å². The number of hydrogen-bond donors (Lipinski definition) is 0. The molecule has 1 aromatic carbocycles. The molecule has 0 saturated carbocycles. The van der Waals surface area contributed by atoms with Crippen molar-refractivity contribution in [3.8, 4) is 11.4 Å². The van der Waals surface area contributed by atoms with Gasteiger partial charge < -0.3 is 9.47 Å². The Morgan fingerprint density at radius 1 is 1.13 bits per heavy atom. The first kappa shape index (κ1) is 22.1. The molecule has 0 aliphatic heterocycles. The molecule has 0 N–H and O–H groups in total. The number of thioether (sulfide) groups is 1. The number of rotatable bonds is 7. The minimum atomic E-state index is -4.54. The molecule has 0 fully saturated rings. The summed E-state index contributed by atoms with van der Waals surface area (Å²) in [7, 11) is 0. The number of halogens is 4. The highest BCUT2D eigenvalue weighted by Gasteiger charge is 2.34. The van der Waals surface area contributed by atoms with Gasteiger partial charge in [0.15, 0.2) is 11.0 Å². The molecular weight excluding hydrogens is 439 g/mol. The summed E-state index contributed by atoms with van der Waals surface area (Å²) in [6.45, 7) is 1.03. The molecule has 11 heteroatoms. The monoisotopic (exact) mass is 455 g/mol. The lowest BCUT2D eigenvalue weighted by Crippen LogP contribution is -2.40. The molecule has 0 aliphatic carbocycles. The van der Waals surface area contributed by atoms with Gasteiger partial charge in [0.2, 0.25) is 5.91 Å². The zero-order chi connectivity index (χ0) is 21.7. The van der Waals surface area contributed by atoms with E-state index in [0.717, 1.165) is 17.3 Å². The van der Waals surface area contributed by atoms with E-state index in [1.54, 1.807) is 29.1 Å². The average molecular weight is 456 g/mol. The fourth-order valence-electron chi connectivity index (χ4n) is 2.72. The Labute approximate surface area is 180 Å². The maximum Gasteiger partial charge on any atom is 0.406 e. The third kappa shape index (κ3) is 5.51. The van der Waals surface area contributed by atoms with Crippen LogP contribution in [0.1, 0.15) is 6.92 Å². The number of carbonyl (C=O) groups is 1. The number of alkyl halides is 3. The van der Waals surface area contributed by atoms with Crippen LogP contribution in [0.15, 0.2) is 53.9 Å². The third-order valence-corrected chi connectivity index (χ3v) is 5.28. The highest BCUT2D eigenvalue weighted by Crippen LogP contribution is 2.27. The van der Waals surface area contributed by atoms with E-state index in [0.29, 0.717) is 27.4 Å². The minimum absolute atomic E-state index is 0.122. The second kappa shape index (κ2) is 9.48. The maximum atomic E-state index is 13.0. The summed E-state index contributed by atoms with van der Waals surface area (Å²) in [4.78, 5) is 17.3. The van der Waals surface area contributed by atoms with Gasteiger partial charge in [-0.05, 0) is 43.3 Å². The molecule has 0 radical (unpaired) electrons. The second-order valence-corrected chi connectivity index (χ2v) is 7.53. The Hall–Kier alpha value is -2.59. The topological polar surface area (TPSA) is 63.9 Å². The fraction of sp³-hybridized carbons (Fsp3) is 0.263. The third-order valence-electron chi connectivity index (χ3n) is 4.07. The molecule has 1 amide bonds.